The number of aromatic nitrogens is 3. The van der Waals surface area contributed by atoms with Crippen molar-refractivity contribution in [3.05, 3.63) is 69.1 Å². The topological polar surface area (TPSA) is 129 Å². The summed E-state index contributed by atoms with van der Waals surface area (Å²) in [5.41, 5.74) is 1.66. The first kappa shape index (κ1) is 28.8. The number of hydrogen-bond acceptors (Lipinski definition) is 8. The maximum Gasteiger partial charge on any atom is 0.279 e. The van der Waals surface area contributed by atoms with E-state index in [1.54, 1.807) is 29.0 Å². The number of hydrogen-bond donors (Lipinski definition) is 0. The van der Waals surface area contributed by atoms with Gasteiger partial charge in [0.1, 0.15) is 17.4 Å². The van der Waals surface area contributed by atoms with Crippen molar-refractivity contribution in [2.24, 2.45) is 4.99 Å². The molecule has 11 nitrogen and oxygen atoms in total. The zero-order chi connectivity index (χ0) is 29.8. The third kappa shape index (κ3) is 5.45. The molecule has 1 atom stereocenters. The lowest BCUT2D eigenvalue weighted by Gasteiger charge is -2.18. The summed E-state index contributed by atoms with van der Waals surface area (Å²) in [4.78, 5) is 36.6. The number of carbonyl (C=O) groups is 1. The number of aryl methyl sites for hydroxylation is 1. The highest BCUT2D eigenvalue weighted by Gasteiger charge is 2.23. The molecular weight excluding hydrogens is 538 g/mol. The van der Waals surface area contributed by atoms with Gasteiger partial charge in [0, 0.05) is 18.4 Å². The Morgan fingerprint density at radius 1 is 1.12 bits per heavy atom. The molecule has 1 aliphatic rings. The van der Waals surface area contributed by atoms with Gasteiger partial charge in [0.15, 0.2) is 17.0 Å². The van der Waals surface area contributed by atoms with Crippen molar-refractivity contribution in [1.82, 2.24) is 14.0 Å². The third-order valence-electron chi connectivity index (χ3n) is 7.00. The van der Waals surface area contributed by atoms with Gasteiger partial charge in [-0.05, 0) is 70.4 Å². The second-order valence-corrected chi connectivity index (χ2v) is 9.80. The first-order valence-corrected chi connectivity index (χ1v) is 14.1. The maximum atomic E-state index is 13.8. The average molecular weight is 572 g/mol. The molecule has 3 aromatic heterocycles. The van der Waals surface area contributed by atoms with Crippen LogP contribution in [0.3, 0.4) is 0 Å². The summed E-state index contributed by atoms with van der Waals surface area (Å²) >= 11 is 0. The molecule has 0 spiro atoms. The van der Waals surface area contributed by atoms with Crippen molar-refractivity contribution < 1.29 is 23.7 Å². The Kier molecular flexibility index (Phi) is 8.54. The summed E-state index contributed by atoms with van der Waals surface area (Å²) in [5, 5.41) is 10.4. The normalized spacial score (nSPS) is 15.2. The zero-order valence-corrected chi connectivity index (χ0v) is 24.2. The number of fused-ring (bicyclic) bond motifs is 2. The van der Waals surface area contributed by atoms with Crippen molar-refractivity contribution in [3.8, 4) is 23.3 Å². The molecule has 1 fully saturated rings. The molecule has 0 aliphatic carbocycles. The van der Waals surface area contributed by atoms with Crippen LogP contribution in [0.1, 0.15) is 55.1 Å². The van der Waals surface area contributed by atoms with Gasteiger partial charge in [0.2, 0.25) is 5.75 Å². The maximum absolute atomic E-state index is 13.8. The molecule has 4 heterocycles. The number of nitriles is 1. The van der Waals surface area contributed by atoms with Crippen LogP contribution >= 0.6 is 0 Å². The van der Waals surface area contributed by atoms with Crippen molar-refractivity contribution >= 4 is 22.6 Å². The molecule has 1 aliphatic heterocycles. The van der Waals surface area contributed by atoms with Crippen LogP contribution in [0.25, 0.3) is 16.7 Å². The fraction of sp³-hybridized carbons (Fsp3) is 0.387. The van der Waals surface area contributed by atoms with Gasteiger partial charge in [-0.2, -0.15) is 10.3 Å². The van der Waals surface area contributed by atoms with Gasteiger partial charge in [-0.25, -0.2) is 4.98 Å². The Morgan fingerprint density at radius 2 is 1.83 bits per heavy atom. The summed E-state index contributed by atoms with van der Waals surface area (Å²) in [6.07, 6.45) is 3.14. The molecule has 42 heavy (non-hydrogen) atoms. The molecule has 0 N–H and O–H groups in total. The van der Waals surface area contributed by atoms with E-state index in [-0.39, 0.29) is 40.2 Å². The second kappa shape index (κ2) is 12.4. The van der Waals surface area contributed by atoms with Gasteiger partial charge in [-0.1, -0.05) is 6.07 Å². The molecule has 5 rings (SSSR count). The van der Waals surface area contributed by atoms with Crippen LogP contribution in [0, 0.1) is 18.3 Å². The van der Waals surface area contributed by atoms with Gasteiger partial charge >= 0.3 is 0 Å². The zero-order valence-electron chi connectivity index (χ0n) is 24.2. The first-order chi connectivity index (χ1) is 20.4. The molecule has 0 bridgehead atoms. The van der Waals surface area contributed by atoms with Crippen molar-refractivity contribution in [3.63, 3.8) is 0 Å². The van der Waals surface area contributed by atoms with Crippen molar-refractivity contribution in [1.29, 1.82) is 5.26 Å². The summed E-state index contributed by atoms with van der Waals surface area (Å²) in [7, 11) is 0. The molecular formula is C31H33N5O6. The van der Waals surface area contributed by atoms with Crippen molar-refractivity contribution in [2.75, 3.05) is 26.4 Å². The molecule has 1 amide bonds. The Morgan fingerprint density at radius 3 is 2.45 bits per heavy atom. The highest BCUT2D eigenvalue weighted by Crippen LogP contribution is 2.39. The predicted octanol–water partition coefficient (Wildman–Crippen LogP) is 3.95. The van der Waals surface area contributed by atoms with Crippen LogP contribution in [-0.2, 0) is 11.3 Å². The van der Waals surface area contributed by atoms with E-state index in [1.807, 2.05) is 33.8 Å². The number of pyridine rings is 2. The van der Waals surface area contributed by atoms with E-state index < -0.39 is 5.91 Å². The van der Waals surface area contributed by atoms with E-state index in [2.05, 4.69) is 11.1 Å². The fourth-order valence-electron chi connectivity index (χ4n) is 5.13. The molecule has 0 saturated carbocycles. The largest absolute Gasteiger partial charge is 0.490 e. The summed E-state index contributed by atoms with van der Waals surface area (Å²) in [6.45, 7) is 9.33. The van der Waals surface area contributed by atoms with Crippen LogP contribution in [0.2, 0.25) is 0 Å². The van der Waals surface area contributed by atoms with Crippen LogP contribution in [0.15, 0.2) is 46.3 Å². The van der Waals surface area contributed by atoms with Gasteiger partial charge in [0.05, 0.1) is 43.4 Å². The lowest BCUT2D eigenvalue weighted by molar-refractivity contribution is 0.0952. The van der Waals surface area contributed by atoms with Gasteiger partial charge in [-0.15, -0.1) is 0 Å². The van der Waals surface area contributed by atoms with Crippen LogP contribution in [-0.4, -0.2) is 52.4 Å². The molecule has 4 aromatic rings. The van der Waals surface area contributed by atoms with Crippen LogP contribution in [0.4, 0.5) is 0 Å². The second-order valence-electron chi connectivity index (χ2n) is 9.80. The number of amides is 1. The van der Waals surface area contributed by atoms with E-state index in [1.165, 1.54) is 10.5 Å². The number of nitrogens with zero attached hydrogens (tertiary/aromatic N) is 5. The third-order valence-corrected chi connectivity index (χ3v) is 7.00. The van der Waals surface area contributed by atoms with Crippen molar-refractivity contribution in [2.45, 2.75) is 53.2 Å². The number of ether oxygens (including phenoxy) is 4. The molecule has 0 unspecified atom stereocenters. The molecule has 1 saturated heterocycles. The number of rotatable bonds is 9. The Balaban J connectivity index is 1.78. The first-order valence-electron chi connectivity index (χ1n) is 14.1. The summed E-state index contributed by atoms with van der Waals surface area (Å²) in [6, 6.07) is 10.3. The Hall–Kier alpha value is -4.69. The van der Waals surface area contributed by atoms with Crippen LogP contribution < -0.4 is 25.3 Å². The summed E-state index contributed by atoms with van der Waals surface area (Å²) < 4.78 is 26.3. The molecule has 218 valence electrons. The van der Waals surface area contributed by atoms with Crippen LogP contribution in [0.5, 0.6) is 17.2 Å². The monoisotopic (exact) mass is 571 g/mol. The highest BCUT2D eigenvalue weighted by molar-refractivity contribution is 5.96. The molecule has 1 aromatic carbocycles. The van der Waals surface area contributed by atoms with E-state index >= 15 is 0 Å². The molecule has 0 radical (unpaired) electrons. The quantitative estimate of drug-likeness (QED) is 0.276. The Labute approximate surface area is 242 Å². The average Bonchev–Trinajstić information content (AvgIpc) is 3.50. The minimum atomic E-state index is -0.620. The minimum absolute atomic E-state index is 0.0707. The number of carbonyl (C=O) groups excluding carboxylic acids is 1. The standard InChI is InChI=1S/C31H33N5O6/c1-5-39-24-15-20(16-25(40-6-2)26(24)41-7-3)30(37)34-28-21(17-32)14-23-29(36(28)18-22-11-9-13-42-22)33-27-19(4)10-8-12-35(27)31(23)38/h8,10,12,14-16,22H,5-7,9,11,13,18H2,1-4H3/t22-/m0/s1. The van der Waals surface area contributed by atoms with Gasteiger partial charge in [0.25, 0.3) is 11.5 Å². The lowest BCUT2D eigenvalue weighted by Crippen LogP contribution is -2.33. The molecule has 11 heteroatoms. The smallest absolute Gasteiger partial charge is 0.279 e. The number of benzene rings is 1. The van der Waals surface area contributed by atoms with E-state index in [9.17, 15) is 14.9 Å². The predicted molar refractivity (Wildman–Crippen MR) is 155 cm³/mol. The highest BCUT2D eigenvalue weighted by atomic mass is 16.5. The van der Waals surface area contributed by atoms with Gasteiger partial charge < -0.3 is 23.5 Å². The van der Waals surface area contributed by atoms with E-state index in [4.69, 9.17) is 23.9 Å². The Bertz CT molecular complexity index is 1800. The minimum Gasteiger partial charge on any atom is -0.490 e. The SMILES string of the molecule is CCOc1cc(C(=O)N=c2c(C#N)cc3c(=O)n4cccc(C)c4nc3n2C[C@@H]2CCCO2)cc(OCC)c1OCC. The fourth-order valence-corrected chi connectivity index (χ4v) is 5.13. The summed E-state index contributed by atoms with van der Waals surface area (Å²) in [5.74, 6) is 0.491. The van der Waals surface area contributed by atoms with Gasteiger partial charge in [-0.3, -0.25) is 14.0 Å². The van der Waals surface area contributed by atoms with E-state index in [0.717, 1.165) is 18.4 Å². The lowest BCUT2D eigenvalue weighted by atomic mass is 10.1. The van der Waals surface area contributed by atoms with E-state index in [0.29, 0.717) is 55.0 Å².